The second-order valence-electron chi connectivity index (χ2n) is 7.15. The van der Waals surface area contributed by atoms with Crippen molar-refractivity contribution in [1.82, 2.24) is 5.32 Å². The Balaban J connectivity index is 1.47. The van der Waals surface area contributed by atoms with E-state index in [-0.39, 0.29) is 0 Å². The molecule has 2 heterocycles. The molecule has 2 nitrogen and oxygen atoms in total. The molecule has 3 aliphatic rings. The minimum absolute atomic E-state index is 0.671. The van der Waals surface area contributed by atoms with E-state index in [1.807, 2.05) is 0 Å². The molecule has 0 amide bonds. The van der Waals surface area contributed by atoms with Crippen LogP contribution in [0.25, 0.3) is 0 Å². The molecule has 0 aromatic heterocycles. The van der Waals surface area contributed by atoms with Gasteiger partial charge >= 0.3 is 0 Å². The zero-order valence-electron chi connectivity index (χ0n) is 12.5. The predicted octanol–water partition coefficient (Wildman–Crippen LogP) is 3.49. The Kier molecular flexibility index (Phi) is 3.22. The van der Waals surface area contributed by atoms with Crippen LogP contribution in [0.3, 0.4) is 0 Å². The molecule has 1 saturated heterocycles. The van der Waals surface area contributed by atoms with Crippen molar-refractivity contribution in [2.45, 2.75) is 51.5 Å². The largest absolute Gasteiger partial charge is 0.370 e. The van der Waals surface area contributed by atoms with Crippen LogP contribution < -0.4 is 10.2 Å². The van der Waals surface area contributed by atoms with Crippen molar-refractivity contribution in [2.24, 2.45) is 5.41 Å². The van der Waals surface area contributed by atoms with Crippen LogP contribution in [0.15, 0.2) is 18.2 Å². The molecule has 0 atom stereocenters. The Hall–Kier alpha value is -1.02. The summed E-state index contributed by atoms with van der Waals surface area (Å²) in [7, 11) is 0. The zero-order chi connectivity index (χ0) is 13.4. The van der Waals surface area contributed by atoms with Crippen molar-refractivity contribution in [1.29, 1.82) is 0 Å². The number of hydrogen-bond acceptors (Lipinski definition) is 2. The molecule has 0 bridgehead atoms. The van der Waals surface area contributed by atoms with Gasteiger partial charge in [0.25, 0.3) is 0 Å². The minimum atomic E-state index is 0.671. The smallest absolute Gasteiger partial charge is 0.0370 e. The topological polar surface area (TPSA) is 15.3 Å². The summed E-state index contributed by atoms with van der Waals surface area (Å²) in [5.41, 5.74) is 5.21. The average molecular weight is 270 g/mol. The van der Waals surface area contributed by atoms with Crippen molar-refractivity contribution in [3.8, 4) is 0 Å². The molecule has 1 aromatic carbocycles. The van der Waals surface area contributed by atoms with Crippen LogP contribution in [0.1, 0.15) is 49.7 Å². The van der Waals surface area contributed by atoms with E-state index in [0.29, 0.717) is 5.41 Å². The van der Waals surface area contributed by atoms with Crippen LogP contribution in [0.4, 0.5) is 5.69 Å². The highest BCUT2D eigenvalue weighted by molar-refractivity contribution is 5.54. The van der Waals surface area contributed by atoms with Gasteiger partial charge in [-0.1, -0.05) is 31.7 Å². The van der Waals surface area contributed by atoms with Gasteiger partial charge in [-0.3, -0.25) is 0 Å². The summed E-state index contributed by atoms with van der Waals surface area (Å²) in [4.78, 5) is 2.61. The Morgan fingerprint density at radius 3 is 2.55 bits per heavy atom. The van der Waals surface area contributed by atoms with Gasteiger partial charge in [-0.05, 0) is 49.1 Å². The lowest BCUT2D eigenvalue weighted by Crippen LogP contribution is -2.56. The van der Waals surface area contributed by atoms with E-state index >= 15 is 0 Å². The first-order valence-electron chi connectivity index (χ1n) is 8.42. The molecule has 108 valence electrons. The number of anilines is 1. The molecule has 0 unspecified atom stereocenters. The van der Waals surface area contributed by atoms with Crippen LogP contribution >= 0.6 is 0 Å². The number of benzene rings is 1. The second-order valence-corrected chi connectivity index (χ2v) is 7.15. The van der Waals surface area contributed by atoms with Gasteiger partial charge in [0.05, 0.1) is 0 Å². The van der Waals surface area contributed by atoms with Crippen molar-refractivity contribution < 1.29 is 0 Å². The Bertz CT molecular complexity index is 478. The third-order valence-corrected chi connectivity index (χ3v) is 5.66. The molecule has 1 aromatic rings. The maximum absolute atomic E-state index is 3.49. The summed E-state index contributed by atoms with van der Waals surface area (Å²) in [6, 6.07) is 7.16. The summed E-state index contributed by atoms with van der Waals surface area (Å²) >= 11 is 0. The number of rotatable bonds is 1. The van der Waals surface area contributed by atoms with Gasteiger partial charge < -0.3 is 10.2 Å². The highest BCUT2D eigenvalue weighted by Crippen LogP contribution is 2.44. The molecule has 20 heavy (non-hydrogen) atoms. The van der Waals surface area contributed by atoms with E-state index in [2.05, 4.69) is 28.4 Å². The van der Waals surface area contributed by atoms with E-state index in [1.165, 1.54) is 69.3 Å². The van der Waals surface area contributed by atoms with E-state index < -0.39 is 0 Å². The van der Waals surface area contributed by atoms with Crippen molar-refractivity contribution >= 4 is 5.69 Å². The standard InChI is InChI=1S/C18H26N2/c1-2-4-9-18(8-3-1)13-20(14-18)17-6-5-15-7-10-19-12-16(15)11-17/h5-6,11,19H,1-4,7-10,12-14H2. The molecule has 2 fully saturated rings. The summed E-state index contributed by atoms with van der Waals surface area (Å²) in [6.07, 6.45) is 9.98. The molecule has 4 rings (SSSR count). The van der Waals surface area contributed by atoms with E-state index in [4.69, 9.17) is 0 Å². The monoisotopic (exact) mass is 270 g/mol. The fraction of sp³-hybridized carbons (Fsp3) is 0.667. The maximum Gasteiger partial charge on any atom is 0.0370 e. The Labute approximate surface area is 122 Å². The van der Waals surface area contributed by atoms with E-state index in [0.717, 1.165) is 13.1 Å². The SMILES string of the molecule is c1cc2c(cc1N1CC3(CCCCCC3)C1)CNCC2. The van der Waals surface area contributed by atoms with Gasteiger partial charge in [0.2, 0.25) is 0 Å². The second kappa shape index (κ2) is 5.07. The van der Waals surface area contributed by atoms with Crippen molar-refractivity contribution in [3.63, 3.8) is 0 Å². The summed E-state index contributed by atoms with van der Waals surface area (Å²) in [6.45, 7) is 4.81. The molecule has 1 spiro atoms. The molecule has 2 aliphatic heterocycles. The van der Waals surface area contributed by atoms with Crippen LogP contribution in [0.2, 0.25) is 0 Å². The molecule has 2 heteroatoms. The van der Waals surface area contributed by atoms with Crippen LogP contribution in [-0.2, 0) is 13.0 Å². The Morgan fingerprint density at radius 2 is 1.75 bits per heavy atom. The highest BCUT2D eigenvalue weighted by atomic mass is 15.2. The van der Waals surface area contributed by atoms with Gasteiger partial charge in [0.1, 0.15) is 0 Å². The predicted molar refractivity (Wildman–Crippen MR) is 84.2 cm³/mol. The highest BCUT2D eigenvalue weighted by Gasteiger charge is 2.42. The van der Waals surface area contributed by atoms with Crippen molar-refractivity contribution in [3.05, 3.63) is 29.3 Å². The summed E-state index contributed by atoms with van der Waals surface area (Å²) < 4.78 is 0. The van der Waals surface area contributed by atoms with Crippen LogP contribution in [0.5, 0.6) is 0 Å². The molecule has 0 radical (unpaired) electrons. The lowest BCUT2D eigenvalue weighted by Gasteiger charge is -2.52. The third-order valence-electron chi connectivity index (χ3n) is 5.66. The average Bonchev–Trinajstić information content (AvgIpc) is 2.71. The van der Waals surface area contributed by atoms with Gasteiger partial charge in [0, 0.05) is 30.7 Å². The van der Waals surface area contributed by atoms with E-state index in [9.17, 15) is 0 Å². The zero-order valence-corrected chi connectivity index (χ0v) is 12.5. The minimum Gasteiger partial charge on any atom is -0.370 e. The molecular weight excluding hydrogens is 244 g/mol. The normalized spacial score (nSPS) is 24.9. The lowest BCUT2D eigenvalue weighted by atomic mass is 9.73. The summed E-state index contributed by atoms with van der Waals surface area (Å²) in [5.74, 6) is 0. The first kappa shape index (κ1) is 12.7. The van der Waals surface area contributed by atoms with E-state index in [1.54, 1.807) is 5.56 Å². The maximum atomic E-state index is 3.49. The summed E-state index contributed by atoms with van der Waals surface area (Å²) in [5, 5.41) is 3.49. The molecular formula is C18H26N2. The van der Waals surface area contributed by atoms with Crippen molar-refractivity contribution in [2.75, 3.05) is 24.5 Å². The Morgan fingerprint density at radius 1 is 0.950 bits per heavy atom. The first-order chi connectivity index (χ1) is 9.85. The molecule has 1 N–H and O–H groups in total. The quantitative estimate of drug-likeness (QED) is 0.840. The van der Waals surface area contributed by atoms with Gasteiger partial charge in [-0.15, -0.1) is 0 Å². The number of fused-ring (bicyclic) bond motifs is 1. The third kappa shape index (κ3) is 2.24. The number of hydrogen-bond donors (Lipinski definition) is 1. The fourth-order valence-corrected chi connectivity index (χ4v) is 4.40. The lowest BCUT2D eigenvalue weighted by molar-refractivity contribution is 0.180. The first-order valence-corrected chi connectivity index (χ1v) is 8.42. The fourth-order valence-electron chi connectivity index (χ4n) is 4.40. The van der Waals surface area contributed by atoms with Crippen LogP contribution in [0, 0.1) is 5.41 Å². The van der Waals surface area contributed by atoms with Gasteiger partial charge in [0.15, 0.2) is 0 Å². The van der Waals surface area contributed by atoms with Gasteiger partial charge in [-0.25, -0.2) is 0 Å². The van der Waals surface area contributed by atoms with Gasteiger partial charge in [-0.2, -0.15) is 0 Å². The number of nitrogens with one attached hydrogen (secondary N) is 1. The molecule has 1 aliphatic carbocycles. The van der Waals surface area contributed by atoms with Crippen LogP contribution in [-0.4, -0.2) is 19.6 Å². The number of nitrogens with zero attached hydrogens (tertiary/aromatic N) is 1. The molecule has 1 saturated carbocycles.